The number of carbonyl (C=O) groups is 1. The summed E-state index contributed by atoms with van der Waals surface area (Å²) in [5, 5.41) is 8.99. The summed E-state index contributed by atoms with van der Waals surface area (Å²) in [5.74, 6) is -0.345. The zero-order chi connectivity index (χ0) is 17.5. The Morgan fingerprint density at radius 1 is 1.17 bits per heavy atom. The first-order valence-electron chi connectivity index (χ1n) is 6.88. The molecule has 5 nitrogen and oxygen atoms in total. The third kappa shape index (κ3) is 3.29. The number of carbonyl (C=O) groups excluding carboxylic acids is 1. The Labute approximate surface area is 148 Å². The van der Waals surface area contributed by atoms with E-state index in [0.29, 0.717) is 15.6 Å². The maximum atomic E-state index is 12.4. The van der Waals surface area contributed by atoms with Crippen molar-refractivity contribution < 1.29 is 13.2 Å². The van der Waals surface area contributed by atoms with Gasteiger partial charge in [-0.2, -0.15) is 0 Å². The van der Waals surface area contributed by atoms with Crippen LogP contribution < -0.4 is 10.5 Å². The molecule has 0 unspecified atom stereocenters. The second kappa shape index (κ2) is 6.18. The normalized spacial score (nSPS) is 11.6. The number of sulfonamides is 1. The van der Waals surface area contributed by atoms with Crippen molar-refractivity contribution in [1.82, 2.24) is 0 Å². The van der Waals surface area contributed by atoms with Gasteiger partial charge < -0.3 is 5.32 Å². The summed E-state index contributed by atoms with van der Waals surface area (Å²) in [7, 11) is -3.76. The Bertz CT molecular complexity index is 1040. The molecule has 0 spiro atoms. The fraction of sp³-hybridized carbons (Fsp3) is 0.0625. The average molecular weight is 381 g/mol. The molecule has 124 valence electrons. The fourth-order valence-electron chi connectivity index (χ4n) is 2.23. The zero-order valence-electron chi connectivity index (χ0n) is 12.5. The number of nitrogens with two attached hydrogens (primary N) is 1. The van der Waals surface area contributed by atoms with Crippen LogP contribution in [-0.2, 0) is 10.0 Å². The number of rotatable bonds is 3. The summed E-state index contributed by atoms with van der Waals surface area (Å²) >= 11 is 7.62. The minimum Gasteiger partial charge on any atom is -0.321 e. The highest BCUT2D eigenvalue weighted by atomic mass is 35.5. The van der Waals surface area contributed by atoms with E-state index < -0.39 is 10.0 Å². The van der Waals surface area contributed by atoms with E-state index in [9.17, 15) is 13.2 Å². The molecule has 0 fully saturated rings. The molecule has 0 atom stereocenters. The van der Waals surface area contributed by atoms with Crippen LogP contribution in [-0.4, -0.2) is 14.3 Å². The number of hydrogen-bond donors (Lipinski definition) is 2. The largest absolute Gasteiger partial charge is 0.321 e. The lowest BCUT2D eigenvalue weighted by molar-refractivity contribution is 0.103. The smallest absolute Gasteiger partial charge is 0.267 e. The van der Waals surface area contributed by atoms with Gasteiger partial charge in [-0.1, -0.05) is 23.7 Å². The lowest BCUT2D eigenvalue weighted by atomic mass is 10.2. The summed E-state index contributed by atoms with van der Waals surface area (Å²) < 4.78 is 23.4. The number of halogens is 1. The molecule has 0 aliphatic carbocycles. The lowest BCUT2D eigenvalue weighted by Gasteiger charge is -2.05. The predicted octanol–water partition coefficient (Wildman–Crippen LogP) is 3.76. The standard InChI is InChI=1S/C16H13ClN2O3S2/c1-9-2-7-12-13(8-9)23-15(14(12)17)16(20)19-10-3-5-11(6-4-10)24(18,21)22/h2-8H,1H3,(H,19,20)(H2,18,21,22). The molecule has 24 heavy (non-hydrogen) atoms. The van der Waals surface area contributed by atoms with Crippen molar-refractivity contribution in [3.05, 3.63) is 57.9 Å². The number of amides is 1. The van der Waals surface area contributed by atoms with Crippen molar-refractivity contribution in [2.45, 2.75) is 11.8 Å². The Morgan fingerprint density at radius 3 is 2.46 bits per heavy atom. The summed E-state index contributed by atoms with van der Waals surface area (Å²) in [6, 6.07) is 11.4. The van der Waals surface area contributed by atoms with Crippen LogP contribution in [0.3, 0.4) is 0 Å². The molecular weight excluding hydrogens is 368 g/mol. The van der Waals surface area contributed by atoms with Crippen LogP contribution in [0.4, 0.5) is 5.69 Å². The van der Waals surface area contributed by atoms with Gasteiger partial charge >= 0.3 is 0 Å². The third-order valence-electron chi connectivity index (χ3n) is 3.43. The summed E-state index contributed by atoms with van der Waals surface area (Å²) in [4.78, 5) is 12.8. The summed E-state index contributed by atoms with van der Waals surface area (Å²) in [6.45, 7) is 1.97. The first-order chi connectivity index (χ1) is 11.3. The molecule has 0 aliphatic rings. The number of primary sulfonamides is 1. The maximum absolute atomic E-state index is 12.4. The predicted molar refractivity (Wildman–Crippen MR) is 97.3 cm³/mol. The summed E-state index contributed by atoms with van der Waals surface area (Å²) in [5.41, 5.74) is 1.54. The lowest BCUT2D eigenvalue weighted by Crippen LogP contribution is -2.13. The van der Waals surface area contributed by atoms with E-state index in [1.54, 1.807) is 0 Å². The van der Waals surface area contributed by atoms with E-state index >= 15 is 0 Å². The van der Waals surface area contributed by atoms with Crippen molar-refractivity contribution in [1.29, 1.82) is 0 Å². The SMILES string of the molecule is Cc1ccc2c(Cl)c(C(=O)Nc3ccc(S(N)(=O)=O)cc3)sc2c1. The molecule has 0 saturated carbocycles. The van der Waals surface area contributed by atoms with Gasteiger partial charge in [0.1, 0.15) is 4.88 Å². The quantitative estimate of drug-likeness (QED) is 0.724. The first-order valence-corrected chi connectivity index (χ1v) is 9.62. The Morgan fingerprint density at radius 2 is 1.83 bits per heavy atom. The highest BCUT2D eigenvalue weighted by Gasteiger charge is 2.17. The van der Waals surface area contributed by atoms with Crippen molar-refractivity contribution in [2.75, 3.05) is 5.32 Å². The van der Waals surface area contributed by atoms with Crippen molar-refractivity contribution in [3.8, 4) is 0 Å². The van der Waals surface area contributed by atoms with Gasteiger partial charge in [-0.25, -0.2) is 13.6 Å². The van der Waals surface area contributed by atoms with Crippen LogP contribution in [0, 0.1) is 6.92 Å². The molecule has 3 aromatic rings. The minimum atomic E-state index is -3.76. The van der Waals surface area contributed by atoms with Crippen molar-refractivity contribution in [2.24, 2.45) is 5.14 Å². The number of benzene rings is 2. The minimum absolute atomic E-state index is 0.0177. The van der Waals surface area contributed by atoms with Gasteiger partial charge in [-0.3, -0.25) is 4.79 Å². The maximum Gasteiger partial charge on any atom is 0.267 e. The number of aryl methyl sites for hydroxylation is 1. The van der Waals surface area contributed by atoms with E-state index in [1.807, 2.05) is 25.1 Å². The number of nitrogens with one attached hydrogen (secondary N) is 1. The van der Waals surface area contributed by atoms with Crippen LogP contribution in [0.2, 0.25) is 5.02 Å². The highest BCUT2D eigenvalue weighted by molar-refractivity contribution is 7.89. The highest BCUT2D eigenvalue weighted by Crippen LogP contribution is 2.36. The number of anilines is 1. The molecule has 2 aromatic carbocycles. The van der Waals surface area contributed by atoms with E-state index in [1.165, 1.54) is 35.6 Å². The number of fused-ring (bicyclic) bond motifs is 1. The topological polar surface area (TPSA) is 89.3 Å². The van der Waals surface area contributed by atoms with Gasteiger partial charge in [0.05, 0.1) is 9.92 Å². The van der Waals surface area contributed by atoms with E-state index in [-0.39, 0.29) is 10.8 Å². The Hall–Kier alpha value is -1.93. The molecule has 1 aromatic heterocycles. The van der Waals surface area contributed by atoms with Gasteiger partial charge in [0.25, 0.3) is 5.91 Å². The van der Waals surface area contributed by atoms with Gasteiger partial charge in [0.15, 0.2) is 0 Å². The van der Waals surface area contributed by atoms with E-state index in [2.05, 4.69) is 5.32 Å². The Kier molecular flexibility index (Phi) is 4.35. The zero-order valence-corrected chi connectivity index (χ0v) is 14.9. The molecule has 1 heterocycles. The van der Waals surface area contributed by atoms with E-state index in [0.717, 1.165) is 15.6 Å². The molecule has 3 rings (SSSR count). The molecule has 1 amide bonds. The fourth-order valence-corrected chi connectivity index (χ4v) is 4.26. The molecule has 0 saturated heterocycles. The monoisotopic (exact) mass is 380 g/mol. The van der Waals surface area contributed by atoms with Crippen LogP contribution in [0.25, 0.3) is 10.1 Å². The summed E-state index contributed by atoms with van der Waals surface area (Å²) in [6.07, 6.45) is 0. The number of thiophene rings is 1. The van der Waals surface area contributed by atoms with Crippen molar-refractivity contribution >= 4 is 54.6 Å². The molecule has 0 radical (unpaired) electrons. The van der Waals surface area contributed by atoms with Crippen LogP contribution in [0.5, 0.6) is 0 Å². The molecule has 3 N–H and O–H groups in total. The number of hydrogen-bond acceptors (Lipinski definition) is 4. The first kappa shape index (κ1) is 16.9. The molecule has 0 aliphatic heterocycles. The van der Waals surface area contributed by atoms with Crippen LogP contribution in [0.15, 0.2) is 47.4 Å². The van der Waals surface area contributed by atoms with Crippen molar-refractivity contribution in [3.63, 3.8) is 0 Å². The van der Waals surface area contributed by atoms with Crippen LogP contribution >= 0.6 is 22.9 Å². The third-order valence-corrected chi connectivity index (χ3v) is 6.02. The van der Waals surface area contributed by atoms with Gasteiger partial charge in [-0.05, 0) is 42.8 Å². The Balaban J connectivity index is 1.89. The van der Waals surface area contributed by atoms with Gasteiger partial charge in [-0.15, -0.1) is 11.3 Å². The van der Waals surface area contributed by atoms with Gasteiger partial charge in [0.2, 0.25) is 10.0 Å². The second-order valence-corrected chi connectivity index (χ2v) is 8.26. The van der Waals surface area contributed by atoms with E-state index in [4.69, 9.17) is 16.7 Å². The molecular formula is C16H13ClN2O3S2. The second-order valence-electron chi connectivity index (χ2n) is 5.27. The molecule has 0 bridgehead atoms. The molecule has 8 heteroatoms. The van der Waals surface area contributed by atoms with Gasteiger partial charge in [0, 0.05) is 15.8 Å². The average Bonchev–Trinajstić information content (AvgIpc) is 2.83. The van der Waals surface area contributed by atoms with Crippen LogP contribution in [0.1, 0.15) is 15.2 Å².